The van der Waals surface area contributed by atoms with Gasteiger partial charge in [-0.1, -0.05) is 13.3 Å². The molecule has 11 heteroatoms. The molecule has 4 heterocycles. The number of alkyl halides is 2. The lowest BCUT2D eigenvalue weighted by Crippen LogP contribution is -2.26. The first-order valence-corrected chi connectivity index (χ1v) is 10.2. The molecule has 3 aromatic heterocycles. The van der Waals surface area contributed by atoms with E-state index in [1.807, 2.05) is 4.68 Å². The molecule has 0 spiro atoms. The fourth-order valence-electron chi connectivity index (χ4n) is 3.90. The van der Waals surface area contributed by atoms with E-state index in [-0.39, 0.29) is 19.5 Å². The molecule has 154 valence electrons. The van der Waals surface area contributed by atoms with E-state index < -0.39 is 5.92 Å². The van der Waals surface area contributed by atoms with Crippen LogP contribution in [0.5, 0.6) is 0 Å². The fourth-order valence-corrected chi connectivity index (χ4v) is 3.90. The van der Waals surface area contributed by atoms with Crippen LogP contribution >= 0.6 is 0 Å². The number of halogens is 2. The molecule has 0 aromatic carbocycles. The Morgan fingerprint density at radius 1 is 1.24 bits per heavy atom. The summed E-state index contributed by atoms with van der Waals surface area (Å²) in [5.74, 6) is -1.42. The van der Waals surface area contributed by atoms with Crippen molar-refractivity contribution in [1.29, 1.82) is 0 Å². The highest BCUT2D eigenvalue weighted by atomic mass is 19.3. The molecule has 0 atom stereocenters. The van der Waals surface area contributed by atoms with Gasteiger partial charge in [0.15, 0.2) is 11.5 Å². The molecule has 2 fully saturated rings. The Morgan fingerprint density at radius 3 is 2.83 bits per heavy atom. The highest BCUT2D eigenvalue weighted by molar-refractivity contribution is 5.90. The second-order valence-electron chi connectivity index (χ2n) is 7.90. The van der Waals surface area contributed by atoms with E-state index in [0.717, 1.165) is 49.0 Å². The van der Waals surface area contributed by atoms with Gasteiger partial charge in [-0.15, -0.1) is 5.10 Å². The number of tetrazole rings is 1. The number of hydrogen-bond donors (Lipinski definition) is 0. The van der Waals surface area contributed by atoms with Gasteiger partial charge in [-0.2, -0.15) is 5.10 Å². The summed E-state index contributed by atoms with van der Waals surface area (Å²) in [6, 6.07) is 0.360. The predicted molar refractivity (Wildman–Crippen MR) is 101 cm³/mol. The first-order valence-electron chi connectivity index (χ1n) is 10.2. The Morgan fingerprint density at radius 2 is 2.10 bits per heavy atom. The van der Waals surface area contributed by atoms with Gasteiger partial charge >= 0.3 is 0 Å². The van der Waals surface area contributed by atoms with Crippen molar-refractivity contribution in [3.63, 3.8) is 0 Å². The summed E-state index contributed by atoms with van der Waals surface area (Å²) in [6.45, 7) is 2.45. The molecule has 2 aliphatic rings. The third-order valence-corrected chi connectivity index (χ3v) is 5.56. The van der Waals surface area contributed by atoms with E-state index in [4.69, 9.17) is 5.10 Å². The lowest BCUT2D eigenvalue weighted by atomic mass is 10.1. The number of aryl methyl sites for hydroxylation is 1. The predicted octanol–water partition coefficient (Wildman–Crippen LogP) is 2.38. The lowest BCUT2D eigenvalue weighted by Gasteiger charge is -2.18. The zero-order valence-corrected chi connectivity index (χ0v) is 16.3. The summed E-state index contributed by atoms with van der Waals surface area (Å²) in [6.07, 6.45) is 6.14. The molecule has 1 saturated carbocycles. The Balaban J connectivity index is 1.56. The van der Waals surface area contributed by atoms with Crippen LogP contribution in [0.1, 0.15) is 56.6 Å². The first kappa shape index (κ1) is 18.3. The standard InChI is InChI=1S/C18H23F2N9/c1-2-3-4-13-15-16(27-8-7-18(19,20)10-27)21-11-22-17(15)28(24-13)9-14-23-25-26-29(14)12-5-6-12/h11-12H,2-10H2,1H3. The van der Waals surface area contributed by atoms with Crippen molar-refractivity contribution in [1.82, 2.24) is 40.0 Å². The molecule has 5 rings (SSSR count). The van der Waals surface area contributed by atoms with Crippen LogP contribution in [0.15, 0.2) is 6.33 Å². The number of anilines is 1. The Bertz CT molecular complexity index is 1020. The average molecular weight is 403 g/mol. The van der Waals surface area contributed by atoms with Crippen molar-refractivity contribution in [3.05, 3.63) is 17.8 Å². The van der Waals surface area contributed by atoms with Crippen molar-refractivity contribution in [2.45, 2.75) is 64.0 Å². The van der Waals surface area contributed by atoms with Crippen LogP contribution in [-0.2, 0) is 13.0 Å². The van der Waals surface area contributed by atoms with Gasteiger partial charge in [0.25, 0.3) is 5.92 Å². The summed E-state index contributed by atoms with van der Waals surface area (Å²) in [4.78, 5) is 10.5. The molecule has 9 nitrogen and oxygen atoms in total. The summed E-state index contributed by atoms with van der Waals surface area (Å²) in [7, 11) is 0. The minimum Gasteiger partial charge on any atom is -0.350 e. The second kappa shape index (κ2) is 6.96. The molecule has 3 aromatic rings. The van der Waals surface area contributed by atoms with Gasteiger partial charge in [0, 0.05) is 13.0 Å². The Hall–Kier alpha value is -2.72. The minimum atomic E-state index is -2.69. The number of hydrogen-bond acceptors (Lipinski definition) is 7. The number of fused-ring (bicyclic) bond motifs is 1. The quantitative estimate of drug-likeness (QED) is 0.598. The molecule has 1 aliphatic carbocycles. The van der Waals surface area contributed by atoms with Crippen LogP contribution in [0.4, 0.5) is 14.6 Å². The summed E-state index contributed by atoms with van der Waals surface area (Å²) >= 11 is 0. The van der Waals surface area contributed by atoms with Crippen LogP contribution in [0.2, 0.25) is 0 Å². The zero-order chi connectivity index (χ0) is 20.0. The number of unbranched alkanes of at least 4 members (excludes halogenated alkanes) is 1. The van der Waals surface area contributed by atoms with E-state index in [0.29, 0.717) is 24.1 Å². The maximum Gasteiger partial charge on any atom is 0.266 e. The highest BCUT2D eigenvalue weighted by Crippen LogP contribution is 2.36. The average Bonchev–Trinajstić information content (AvgIpc) is 3.18. The van der Waals surface area contributed by atoms with E-state index in [9.17, 15) is 8.78 Å². The summed E-state index contributed by atoms with van der Waals surface area (Å²) < 4.78 is 31.3. The number of aromatic nitrogens is 8. The molecular weight excluding hydrogens is 380 g/mol. The van der Waals surface area contributed by atoms with E-state index in [1.165, 1.54) is 6.33 Å². The van der Waals surface area contributed by atoms with Crippen molar-refractivity contribution in [3.8, 4) is 0 Å². The van der Waals surface area contributed by atoms with Gasteiger partial charge in [-0.05, 0) is 36.1 Å². The van der Waals surface area contributed by atoms with Gasteiger partial charge in [0.05, 0.1) is 23.7 Å². The highest BCUT2D eigenvalue weighted by Gasteiger charge is 2.40. The SMILES string of the molecule is CCCCc1nn(Cc2nnnn2C2CC2)c2ncnc(N3CCC(F)(F)C3)c12. The molecule has 1 aliphatic heterocycles. The van der Waals surface area contributed by atoms with E-state index in [1.54, 1.807) is 9.58 Å². The van der Waals surface area contributed by atoms with Gasteiger partial charge < -0.3 is 4.90 Å². The topological polar surface area (TPSA) is 90.4 Å². The monoisotopic (exact) mass is 403 g/mol. The Labute approximate surface area is 166 Å². The zero-order valence-electron chi connectivity index (χ0n) is 16.3. The minimum absolute atomic E-state index is 0.160. The Kier molecular flexibility index (Phi) is 4.39. The molecule has 0 radical (unpaired) electrons. The lowest BCUT2D eigenvalue weighted by molar-refractivity contribution is 0.0257. The van der Waals surface area contributed by atoms with Gasteiger partial charge in [0.1, 0.15) is 18.7 Å². The second-order valence-corrected chi connectivity index (χ2v) is 7.90. The van der Waals surface area contributed by atoms with Crippen LogP contribution in [-0.4, -0.2) is 59.0 Å². The molecule has 0 amide bonds. The van der Waals surface area contributed by atoms with Crippen molar-refractivity contribution in [2.75, 3.05) is 18.0 Å². The maximum absolute atomic E-state index is 13.8. The molecule has 0 unspecified atom stereocenters. The fraction of sp³-hybridized carbons (Fsp3) is 0.667. The molecule has 0 N–H and O–H groups in total. The van der Waals surface area contributed by atoms with Crippen LogP contribution in [0.25, 0.3) is 11.0 Å². The molecule has 1 saturated heterocycles. The molecule has 0 bridgehead atoms. The van der Waals surface area contributed by atoms with E-state index >= 15 is 0 Å². The van der Waals surface area contributed by atoms with Crippen LogP contribution in [0.3, 0.4) is 0 Å². The molecular formula is C18H23F2N9. The van der Waals surface area contributed by atoms with Crippen molar-refractivity contribution in [2.24, 2.45) is 0 Å². The summed E-state index contributed by atoms with van der Waals surface area (Å²) in [5.41, 5.74) is 1.49. The normalized spacial score (nSPS) is 18.8. The first-order chi connectivity index (χ1) is 14.1. The van der Waals surface area contributed by atoms with Crippen molar-refractivity contribution < 1.29 is 8.78 Å². The number of nitrogens with zero attached hydrogens (tertiary/aromatic N) is 9. The molecule has 29 heavy (non-hydrogen) atoms. The van der Waals surface area contributed by atoms with Crippen LogP contribution in [0, 0.1) is 0 Å². The van der Waals surface area contributed by atoms with Gasteiger partial charge in [-0.25, -0.2) is 28.1 Å². The third kappa shape index (κ3) is 3.42. The maximum atomic E-state index is 13.8. The summed E-state index contributed by atoms with van der Waals surface area (Å²) in [5, 5.41) is 17.6. The van der Waals surface area contributed by atoms with Gasteiger partial charge in [-0.3, -0.25) is 0 Å². The van der Waals surface area contributed by atoms with Crippen molar-refractivity contribution >= 4 is 16.9 Å². The van der Waals surface area contributed by atoms with Crippen LogP contribution < -0.4 is 4.90 Å². The van der Waals surface area contributed by atoms with Gasteiger partial charge in [0.2, 0.25) is 0 Å². The smallest absolute Gasteiger partial charge is 0.266 e. The van der Waals surface area contributed by atoms with E-state index in [2.05, 4.69) is 32.4 Å². The third-order valence-electron chi connectivity index (χ3n) is 5.56. The number of rotatable bonds is 7. The largest absolute Gasteiger partial charge is 0.350 e.